The number of halogens is 3. The highest BCUT2D eigenvalue weighted by Gasteiger charge is 2.31. The zero-order chi connectivity index (χ0) is 16.0. The van der Waals surface area contributed by atoms with Crippen LogP contribution in [0, 0.1) is 0 Å². The molecule has 0 unspecified atom stereocenters. The van der Waals surface area contributed by atoms with Crippen LogP contribution in [0.5, 0.6) is 0 Å². The second-order valence-corrected chi connectivity index (χ2v) is 4.97. The van der Waals surface area contributed by atoms with E-state index in [1.165, 1.54) is 6.07 Å². The van der Waals surface area contributed by atoms with Gasteiger partial charge in [-0.2, -0.15) is 13.2 Å². The van der Waals surface area contributed by atoms with Crippen LogP contribution in [0.25, 0.3) is 10.4 Å². The first-order valence-electron chi connectivity index (χ1n) is 6.38. The minimum absolute atomic E-state index is 0.0142. The Hall–Kier alpha value is -1.92. The fourth-order valence-corrected chi connectivity index (χ4v) is 1.90. The molecule has 0 bridgehead atoms. The lowest BCUT2D eigenvalue weighted by Gasteiger charge is -2.22. The molecule has 0 heterocycles. The van der Waals surface area contributed by atoms with E-state index in [0.717, 1.165) is 25.1 Å². The molecule has 0 spiro atoms. The van der Waals surface area contributed by atoms with E-state index in [1.54, 1.807) is 11.9 Å². The quantitative estimate of drug-likeness (QED) is 0.452. The van der Waals surface area contributed by atoms with E-state index < -0.39 is 11.7 Å². The number of hydrogen-bond donors (Lipinski definition) is 0. The molecule has 8 heteroatoms. The Morgan fingerprint density at radius 2 is 1.86 bits per heavy atom. The molecule has 0 saturated carbocycles. The van der Waals surface area contributed by atoms with Gasteiger partial charge in [-0.3, -0.25) is 0 Å². The van der Waals surface area contributed by atoms with Crippen LogP contribution in [0.2, 0.25) is 0 Å². The maximum atomic E-state index is 12.7. The summed E-state index contributed by atoms with van der Waals surface area (Å²) < 4.78 is 38.0. The Balaban J connectivity index is 2.98. The first-order chi connectivity index (χ1) is 9.75. The third-order valence-corrected chi connectivity index (χ3v) is 2.97. The minimum Gasteiger partial charge on any atom is -0.374 e. The van der Waals surface area contributed by atoms with Gasteiger partial charge in [0.1, 0.15) is 0 Å². The molecule has 21 heavy (non-hydrogen) atoms. The van der Waals surface area contributed by atoms with Crippen LogP contribution in [0.1, 0.15) is 12.0 Å². The maximum absolute atomic E-state index is 12.7. The van der Waals surface area contributed by atoms with E-state index in [-0.39, 0.29) is 5.69 Å². The zero-order valence-corrected chi connectivity index (χ0v) is 12.2. The smallest absolute Gasteiger partial charge is 0.374 e. The molecule has 0 aliphatic carbocycles. The summed E-state index contributed by atoms with van der Waals surface area (Å²) in [6.07, 6.45) is -3.61. The lowest BCUT2D eigenvalue weighted by atomic mass is 10.1. The fourth-order valence-electron chi connectivity index (χ4n) is 1.90. The van der Waals surface area contributed by atoms with Gasteiger partial charge in [-0.15, -0.1) is 0 Å². The number of anilines is 1. The lowest BCUT2D eigenvalue weighted by molar-refractivity contribution is -0.137. The van der Waals surface area contributed by atoms with Crippen molar-refractivity contribution in [3.63, 3.8) is 0 Å². The van der Waals surface area contributed by atoms with Crippen molar-refractivity contribution >= 4 is 11.4 Å². The van der Waals surface area contributed by atoms with Gasteiger partial charge in [0, 0.05) is 24.2 Å². The molecule has 0 amide bonds. The summed E-state index contributed by atoms with van der Waals surface area (Å²) >= 11 is 0. The van der Waals surface area contributed by atoms with Crippen molar-refractivity contribution in [2.75, 3.05) is 39.1 Å². The number of nitrogens with zero attached hydrogens (tertiary/aromatic N) is 5. The van der Waals surface area contributed by atoms with Gasteiger partial charge in [0.2, 0.25) is 0 Å². The van der Waals surface area contributed by atoms with Crippen molar-refractivity contribution in [1.82, 2.24) is 4.90 Å². The van der Waals surface area contributed by atoms with Crippen LogP contribution in [-0.4, -0.2) is 39.1 Å². The third-order valence-electron chi connectivity index (χ3n) is 2.97. The lowest BCUT2D eigenvalue weighted by Crippen LogP contribution is -2.23. The van der Waals surface area contributed by atoms with Gasteiger partial charge in [-0.1, -0.05) is 5.11 Å². The Morgan fingerprint density at radius 3 is 2.38 bits per heavy atom. The molecule has 116 valence electrons. The molecule has 5 nitrogen and oxygen atoms in total. The average Bonchev–Trinajstić information content (AvgIpc) is 2.37. The van der Waals surface area contributed by atoms with Gasteiger partial charge >= 0.3 is 6.18 Å². The fraction of sp³-hybridized carbons (Fsp3) is 0.538. The second-order valence-electron chi connectivity index (χ2n) is 4.97. The zero-order valence-electron chi connectivity index (χ0n) is 12.2. The monoisotopic (exact) mass is 301 g/mol. The Bertz CT molecular complexity index is 521. The molecule has 0 saturated heterocycles. The third kappa shape index (κ3) is 5.17. The van der Waals surface area contributed by atoms with Gasteiger partial charge in [0.15, 0.2) is 0 Å². The molecule has 0 fully saturated rings. The van der Waals surface area contributed by atoms with Crippen molar-refractivity contribution in [3.05, 3.63) is 34.2 Å². The van der Waals surface area contributed by atoms with E-state index in [0.29, 0.717) is 12.2 Å². The van der Waals surface area contributed by atoms with E-state index in [9.17, 15) is 13.2 Å². The van der Waals surface area contributed by atoms with Crippen LogP contribution in [0.3, 0.4) is 0 Å². The van der Waals surface area contributed by atoms with Gasteiger partial charge in [-0.25, -0.2) is 0 Å². The van der Waals surface area contributed by atoms with Crippen molar-refractivity contribution in [2.24, 2.45) is 5.11 Å². The topological polar surface area (TPSA) is 55.2 Å². The standard InChI is InChI=1S/C13H18F3N5/c1-20(2)7-4-8-21(3)12-6-5-10(13(14,15)16)9-11(12)18-19-17/h5-6,9H,4,7-8H2,1-3H3. The molecule has 0 aromatic heterocycles. The predicted molar refractivity (Wildman–Crippen MR) is 76.7 cm³/mol. The van der Waals surface area contributed by atoms with E-state index in [2.05, 4.69) is 10.0 Å². The van der Waals surface area contributed by atoms with Crippen LogP contribution < -0.4 is 4.90 Å². The van der Waals surface area contributed by atoms with Crippen LogP contribution in [0.15, 0.2) is 23.3 Å². The van der Waals surface area contributed by atoms with E-state index >= 15 is 0 Å². The minimum atomic E-state index is -4.46. The molecule has 0 aliphatic heterocycles. The highest BCUT2D eigenvalue weighted by molar-refractivity contribution is 5.67. The van der Waals surface area contributed by atoms with E-state index in [4.69, 9.17) is 5.53 Å². The first-order valence-corrected chi connectivity index (χ1v) is 6.38. The SMILES string of the molecule is CN(C)CCCN(C)c1ccc(C(F)(F)F)cc1N=[N+]=[N-]. The van der Waals surface area contributed by atoms with Gasteiger partial charge < -0.3 is 9.80 Å². The number of alkyl halides is 3. The number of benzene rings is 1. The van der Waals surface area contributed by atoms with Crippen molar-refractivity contribution < 1.29 is 13.2 Å². The first kappa shape index (κ1) is 17.1. The normalized spacial score (nSPS) is 11.4. The highest BCUT2D eigenvalue weighted by atomic mass is 19.4. The molecule has 0 atom stereocenters. The maximum Gasteiger partial charge on any atom is 0.416 e. The average molecular weight is 301 g/mol. The molecule has 0 N–H and O–H groups in total. The highest BCUT2D eigenvalue weighted by Crippen LogP contribution is 2.36. The van der Waals surface area contributed by atoms with Crippen molar-refractivity contribution in [3.8, 4) is 0 Å². The van der Waals surface area contributed by atoms with Crippen LogP contribution >= 0.6 is 0 Å². The second kappa shape index (κ2) is 7.19. The summed E-state index contributed by atoms with van der Waals surface area (Å²) in [5, 5.41) is 3.37. The summed E-state index contributed by atoms with van der Waals surface area (Å²) in [7, 11) is 5.65. The summed E-state index contributed by atoms with van der Waals surface area (Å²) in [5.74, 6) is 0. The number of azide groups is 1. The van der Waals surface area contributed by atoms with E-state index in [1.807, 2.05) is 19.0 Å². The Morgan fingerprint density at radius 1 is 1.19 bits per heavy atom. The molecule has 1 aromatic carbocycles. The summed E-state index contributed by atoms with van der Waals surface area (Å²) in [6, 6.07) is 3.20. The molecule has 0 radical (unpaired) electrons. The molecule has 1 rings (SSSR count). The van der Waals surface area contributed by atoms with Gasteiger partial charge in [-0.05, 0) is 50.8 Å². The predicted octanol–water partition coefficient (Wildman–Crippen LogP) is 4.04. The Labute approximate surface area is 121 Å². The van der Waals surface area contributed by atoms with Crippen LogP contribution in [-0.2, 0) is 6.18 Å². The Kier molecular flexibility index (Phi) is 5.87. The van der Waals surface area contributed by atoms with Crippen molar-refractivity contribution in [2.45, 2.75) is 12.6 Å². The van der Waals surface area contributed by atoms with Gasteiger partial charge in [0.25, 0.3) is 0 Å². The summed E-state index contributed by atoms with van der Waals surface area (Å²) in [5.41, 5.74) is 8.17. The van der Waals surface area contributed by atoms with Crippen LogP contribution in [0.4, 0.5) is 24.5 Å². The van der Waals surface area contributed by atoms with Gasteiger partial charge in [0.05, 0.1) is 11.3 Å². The summed E-state index contributed by atoms with van der Waals surface area (Å²) in [6.45, 7) is 1.51. The van der Waals surface area contributed by atoms with Crippen molar-refractivity contribution in [1.29, 1.82) is 0 Å². The largest absolute Gasteiger partial charge is 0.416 e. The molecule has 0 aliphatic rings. The summed E-state index contributed by atoms with van der Waals surface area (Å²) in [4.78, 5) is 6.41. The molecule has 1 aromatic rings. The molecular formula is C13H18F3N5. The number of rotatable bonds is 6. The number of hydrogen-bond acceptors (Lipinski definition) is 3. The molecular weight excluding hydrogens is 283 g/mol.